The molecule has 1 aromatic carbocycles. The monoisotopic (exact) mass is 359 g/mol. The molecule has 4 nitrogen and oxygen atoms in total. The van der Waals surface area contributed by atoms with Crippen LogP contribution in [-0.4, -0.2) is 44.0 Å². The first-order valence-electron chi connectivity index (χ1n) is 7.93. The summed E-state index contributed by atoms with van der Waals surface area (Å²) in [4.78, 5) is 14.5. The third-order valence-electron chi connectivity index (χ3n) is 4.26. The number of carbonyl (C=O) groups is 1. The normalized spacial score (nSPS) is 16.0. The second kappa shape index (κ2) is 9.48. The largest absolute Gasteiger partial charge is 0.323 e. The molecule has 2 N–H and O–H groups in total. The van der Waals surface area contributed by atoms with Crippen molar-refractivity contribution in [1.82, 2.24) is 10.2 Å². The Labute approximate surface area is 150 Å². The van der Waals surface area contributed by atoms with Gasteiger partial charge in [0, 0.05) is 0 Å². The van der Waals surface area contributed by atoms with E-state index in [0.29, 0.717) is 11.6 Å². The molecular formula is C17H27Cl2N3O. The van der Waals surface area contributed by atoms with Crippen molar-refractivity contribution in [2.45, 2.75) is 26.7 Å². The molecule has 1 aliphatic rings. The molecule has 1 heterocycles. The van der Waals surface area contributed by atoms with Gasteiger partial charge in [0.1, 0.15) is 0 Å². The van der Waals surface area contributed by atoms with E-state index in [1.165, 1.54) is 0 Å². The Hall–Kier alpha value is -0.810. The minimum Gasteiger partial charge on any atom is -0.323 e. The van der Waals surface area contributed by atoms with Crippen LogP contribution in [0.3, 0.4) is 0 Å². The molecule has 1 aromatic rings. The Balaban J connectivity index is 0.00000264. The molecule has 130 valence electrons. The molecule has 1 fully saturated rings. The summed E-state index contributed by atoms with van der Waals surface area (Å²) in [6.45, 7) is 7.45. The molecule has 0 spiro atoms. The van der Waals surface area contributed by atoms with E-state index < -0.39 is 0 Å². The van der Waals surface area contributed by atoms with Gasteiger partial charge in [0.2, 0.25) is 5.91 Å². The summed E-state index contributed by atoms with van der Waals surface area (Å²) in [5.74, 6) is 0.749. The minimum absolute atomic E-state index is 0. The zero-order valence-electron chi connectivity index (χ0n) is 14.1. The Morgan fingerprint density at radius 1 is 1.30 bits per heavy atom. The Bertz CT molecular complexity index is 506. The van der Waals surface area contributed by atoms with Gasteiger partial charge in [-0.3, -0.25) is 9.69 Å². The number of likely N-dealkylation sites (tertiary alicyclic amines) is 1. The van der Waals surface area contributed by atoms with Crippen molar-refractivity contribution in [1.29, 1.82) is 0 Å². The first-order chi connectivity index (χ1) is 10.5. The summed E-state index contributed by atoms with van der Waals surface area (Å²) >= 11 is 6.24. The number of aryl methyl sites for hydroxylation is 2. The van der Waals surface area contributed by atoms with Crippen molar-refractivity contribution in [2.75, 3.05) is 38.5 Å². The molecule has 0 unspecified atom stereocenters. The third-order valence-corrected chi connectivity index (χ3v) is 4.56. The van der Waals surface area contributed by atoms with Crippen LogP contribution in [0.4, 0.5) is 5.69 Å². The molecule has 0 aromatic heterocycles. The van der Waals surface area contributed by atoms with Gasteiger partial charge in [0.25, 0.3) is 0 Å². The van der Waals surface area contributed by atoms with E-state index in [0.717, 1.165) is 55.2 Å². The van der Waals surface area contributed by atoms with E-state index in [9.17, 15) is 4.79 Å². The Morgan fingerprint density at radius 2 is 1.96 bits per heavy atom. The summed E-state index contributed by atoms with van der Waals surface area (Å²) in [6.07, 6.45) is 2.30. The highest BCUT2D eigenvalue weighted by Gasteiger charge is 2.20. The second-order valence-electron chi connectivity index (χ2n) is 6.26. The van der Waals surface area contributed by atoms with E-state index in [4.69, 9.17) is 11.6 Å². The van der Waals surface area contributed by atoms with Crippen molar-refractivity contribution in [3.05, 3.63) is 28.3 Å². The lowest BCUT2D eigenvalue weighted by atomic mass is 9.97. The predicted octanol–water partition coefficient (Wildman–Crippen LogP) is 3.25. The van der Waals surface area contributed by atoms with Gasteiger partial charge >= 0.3 is 0 Å². The quantitative estimate of drug-likeness (QED) is 0.847. The van der Waals surface area contributed by atoms with E-state index >= 15 is 0 Å². The maximum atomic E-state index is 12.3. The zero-order valence-corrected chi connectivity index (χ0v) is 15.7. The summed E-state index contributed by atoms with van der Waals surface area (Å²) in [7, 11) is 1.99. The van der Waals surface area contributed by atoms with Crippen LogP contribution in [0.5, 0.6) is 0 Å². The molecular weight excluding hydrogens is 333 g/mol. The van der Waals surface area contributed by atoms with Gasteiger partial charge in [-0.1, -0.05) is 17.7 Å². The number of anilines is 1. The Kier molecular flexibility index (Phi) is 8.34. The topological polar surface area (TPSA) is 44.4 Å². The average Bonchev–Trinajstić information content (AvgIpc) is 2.45. The van der Waals surface area contributed by atoms with Gasteiger partial charge in [-0.05, 0) is 76.5 Å². The molecule has 0 atom stereocenters. The smallest absolute Gasteiger partial charge is 0.238 e. The molecule has 0 bridgehead atoms. The summed E-state index contributed by atoms with van der Waals surface area (Å²) in [6, 6.07) is 3.91. The fraction of sp³-hybridized carbons (Fsp3) is 0.588. The summed E-state index contributed by atoms with van der Waals surface area (Å²) in [5, 5.41) is 6.80. The zero-order chi connectivity index (χ0) is 16.1. The van der Waals surface area contributed by atoms with E-state index in [-0.39, 0.29) is 18.3 Å². The SMILES string of the molecule is CNCC1CCN(CC(=O)Nc2c(C)cc(C)cc2Cl)CC1.Cl. The van der Waals surface area contributed by atoms with Crippen LogP contribution in [-0.2, 0) is 4.79 Å². The van der Waals surface area contributed by atoms with Crippen LogP contribution in [0, 0.1) is 19.8 Å². The number of hydrogen-bond acceptors (Lipinski definition) is 3. The first-order valence-corrected chi connectivity index (χ1v) is 8.31. The number of piperidine rings is 1. The van der Waals surface area contributed by atoms with Crippen LogP contribution in [0.2, 0.25) is 5.02 Å². The standard InChI is InChI=1S/C17H26ClN3O.ClH/c1-12-8-13(2)17(15(18)9-12)20-16(22)11-21-6-4-14(5-7-21)10-19-3;/h8-9,14,19H,4-7,10-11H2,1-3H3,(H,20,22);1H. The lowest BCUT2D eigenvalue weighted by Crippen LogP contribution is -2.41. The molecule has 1 amide bonds. The van der Waals surface area contributed by atoms with Crippen molar-refractivity contribution in [2.24, 2.45) is 5.92 Å². The third kappa shape index (κ3) is 5.96. The number of amides is 1. The lowest BCUT2D eigenvalue weighted by molar-refractivity contribution is -0.117. The fourth-order valence-corrected chi connectivity index (χ4v) is 3.46. The van der Waals surface area contributed by atoms with E-state index in [2.05, 4.69) is 15.5 Å². The van der Waals surface area contributed by atoms with Crippen LogP contribution in [0.15, 0.2) is 12.1 Å². The van der Waals surface area contributed by atoms with Crippen LogP contribution >= 0.6 is 24.0 Å². The number of nitrogens with one attached hydrogen (secondary N) is 2. The number of nitrogens with zero attached hydrogens (tertiary/aromatic N) is 1. The molecule has 0 radical (unpaired) electrons. The van der Waals surface area contributed by atoms with E-state index in [1.54, 1.807) is 0 Å². The van der Waals surface area contributed by atoms with Gasteiger partial charge in [0.15, 0.2) is 0 Å². The highest BCUT2D eigenvalue weighted by molar-refractivity contribution is 6.34. The fourth-order valence-electron chi connectivity index (χ4n) is 3.09. The number of carbonyl (C=O) groups excluding carboxylic acids is 1. The van der Waals surface area contributed by atoms with Crippen molar-refractivity contribution in [3.8, 4) is 0 Å². The second-order valence-corrected chi connectivity index (χ2v) is 6.67. The number of halogens is 2. The maximum Gasteiger partial charge on any atom is 0.238 e. The van der Waals surface area contributed by atoms with Gasteiger partial charge in [-0.15, -0.1) is 12.4 Å². The number of benzene rings is 1. The molecule has 1 aliphatic heterocycles. The van der Waals surface area contributed by atoms with Gasteiger partial charge in [0.05, 0.1) is 17.3 Å². The lowest BCUT2D eigenvalue weighted by Gasteiger charge is -2.31. The van der Waals surface area contributed by atoms with Gasteiger partial charge in [-0.25, -0.2) is 0 Å². The molecule has 0 saturated carbocycles. The van der Waals surface area contributed by atoms with Crippen LogP contribution in [0.1, 0.15) is 24.0 Å². The van der Waals surface area contributed by atoms with Crippen LogP contribution < -0.4 is 10.6 Å². The minimum atomic E-state index is 0. The van der Waals surface area contributed by atoms with Crippen molar-refractivity contribution >= 4 is 35.6 Å². The van der Waals surface area contributed by atoms with Gasteiger partial charge in [-0.2, -0.15) is 0 Å². The Morgan fingerprint density at radius 3 is 2.52 bits per heavy atom. The summed E-state index contributed by atoms with van der Waals surface area (Å²) < 4.78 is 0. The highest BCUT2D eigenvalue weighted by atomic mass is 35.5. The molecule has 0 aliphatic carbocycles. The number of hydrogen-bond donors (Lipinski definition) is 2. The van der Waals surface area contributed by atoms with Crippen molar-refractivity contribution < 1.29 is 4.79 Å². The average molecular weight is 360 g/mol. The molecule has 23 heavy (non-hydrogen) atoms. The first kappa shape index (κ1) is 20.2. The predicted molar refractivity (Wildman–Crippen MR) is 99.9 cm³/mol. The van der Waals surface area contributed by atoms with Crippen molar-refractivity contribution in [3.63, 3.8) is 0 Å². The van der Waals surface area contributed by atoms with Gasteiger partial charge < -0.3 is 10.6 Å². The molecule has 2 rings (SSSR count). The summed E-state index contributed by atoms with van der Waals surface area (Å²) in [5.41, 5.74) is 2.85. The number of rotatable bonds is 5. The molecule has 1 saturated heterocycles. The van der Waals surface area contributed by atoms with Crippen LogP contribution in [0.25, 0.3) is 0 Å². The maximum absolute atomic E-state index is 12.3. The van der Waals surface area contributed by atoms with E-state index in [1.807, 2.05) is 33.0 Å². The highest BCUT2D eigenvalue weighted by Crippen LogP contribution is 2.27. The molecule has 6 heteroatoms.